The number of rotatable bonds is 12. The molecule has 0 radical (unpaired) electrons. The van der Waals surface area contributed by atoms with E-state index in [0.29, 0.717) is 31.1 Å². The number of amides is 3. The highest BCUT2D eigenvalue weighted by Gasteiger charge is 2.27. The lowest BCUT2D eigenvalue weighted by Gasteiger charge is -2.33. The first-order valence-corrected chi connectivity index (χ1v) is 20.3. The number of allylic oxidation sites excluding steroid dienone is 2. The Balaban J connectivity index is -0.000000435. The Morgan fingerprint density at radius 2 is 1.38 bits per heavy atom. The first-order chi connectivity index (χ1) is 27.0. The molecule has 2 aromatic rings. The number of benzene rings is 2. The fraction of sp³-hybridized carbons (Fsp3) is 0.543. The van der Waals surface area contributed by atoms with E-state index in [1.807, 2.05) is 67.3 Å². The summed E-state index contributed by atoms with van der Waals surface area (Å²) >= 11 is 0. The third kappa shape index (κ3) is 35.5. The van der Waals surface area contributed by atoms with Crippen molar-refractivity contribution < 1.29 is 14.4 Å². The van der Waals surface area contributed by atoms with E-state index in [9.17, 15) is 9.59 Å². The topological polar surface area (TPSA) is 183 Å². The number of piperidine rings is 1. The van der Waals surface area contributed by atoms with Crippen molar-refractivity contribution in [3.8, 4) is 0 Å². The molecule has 10 nitrogen and oxygen atoms in total. The molecule has 56 heavy (non-hydrogen) atoms. The number of primary amides is 1. The van der Waals surface area contributed by atoms with Crippen LogP contribution >= 0.6 is 0 Å². The van der Waals surface area contributed by atoms with Crippen LogP contribution in [-0.4, -0.2) is 68.9 Å². The van der Waals surface area contributed by atoms with E-state index in [4.69, 9.17) is 16.3 Å². The Morgan fingerprint density at radius 1 is 0.911 bits per heavy atom. The number of aryl methyl sites for hydroxylation is 1. The fourth-order valence-electron chi connectivity index (χ4n) is 5.03. The van der Waals surface area contributed by atoms with Gasteiger partial charge in [-0.15, -0.1) is 13.2 Å². The molecule has 2 atom stereocenters. The number of nitrogens with one attached hydrogen (secondary N) is 2. The Labute approximate surface area is 343 Å². The number of carbonyl (C=O) groups is 3. The Morgan fingerprint density at radius 3 is 1.75 bits per heavy atom. The highest BCUT2D eigenvalue weighted by Crippen LogP contribution is 2.20. The average molecular weight is 782 g/mol. The molecule has 4 rings (SSSR count). The van der Waals surface area contributed by atoms with Crippen LogP contribution in [-0.2, 0) is 20.8 Å². The second kappa shape index (κ2) is 43.5. The summed E-state index contributed by atoms with van der Waals surface area (Å²) in [6, 6.07) is 19.9. The van der Waals surface area contributed by atoms with Gasteiger partial charge in [-0.2, -0.15) is 0 Å². The molecule has 1 fully saturated rings. The average Bonchev–Trinajstić information content (AvgIpc) is 3.82. The monoisotopic (exact) mass is 782 g/mol. The second-order valence-corrected chi connectivity index (χ2v) is 13.5. The molecule has 3 amide bonds. The van der Waals surface area contributed by atoms with Crippen LogP contribution in [0.3, 0.4) is 0 Å². The maximum atomic E-state index is 13.1. The van der Waals surface area contributed by atoms with Gasteiger partial charge in [0, 0.05) is 25.3 Å². The summed E-state index contributed by atoms with van der Waals surface area (Å²) in [4.78, 5) is 35.7. The molecular formula is C46H83N7O3. The predicted molar refractivity (Wildman–Crippen MR) is 243 cm³/mol. The van der Waals surface area contributed by atoms with Gasteiger partial charge in [0.05, 0.1) is 18.5 Å². The number of hydrogen-bond acceptors (Lipinski definition) is 7. The van der Waals surface area contributed by atoms with Crippen molar-refractivity contribution in [1.82, 2.24) is 15.5 Å². The maximum Gasteiger partial charge on any atom is 0.234 e. The summed E-state index contributed by atoms with van der Waals surface area (Å²) in [5, 5.41) is 6.27. The quantitative estimate of drug-likeness (QED) is 0.0966. The zero-order chi connectivity index (χ0) is 43.6. The van der Waals surface area contributed by atoms with Gasteiger partial charge < -0.3 is 38.5 Å². The van der Waals surface area contributed by atoms with Gasteiger partial charge in [0.25, 0.3) is 0 Å². The van der Waals surface area contributed by atoms with Gasteiger partial charge in [-0.25, -0.2) is 0 Å². The summed E-state index contributed by atoms with van der Waals surface area (Å²) < 4.78 is 0. The van der Waals surface area contributed by atoms with Crippen molar-refractivity contribution in [3.05, 3.63) is 109 Å². The standard InChI is InChI=1S/C24H39N5O2.C7H8.C5H8.C4H10.C2H6.C2H4.CH3NO.CH5N/c1-18-10-13-29(14-11-18)24(31)21(9-6-12-25)17-27-19(2)22(28-23(30)16-26)15-20-7-4-3-5-8-20;1-7-5-3-2-4-6-7;1-2-4-5-3-1;1-4(2)3;2*1-2;2-1-3;1-2/h3-5,7-8,18,21-22,27H,2,6,9-17,25-26H2,1H3,(H,28,30);2-6H,1H3;1-2H,3-5H2;4H,1-3H3;1-2H3;1-2H2;1H,(H2,2,3);2H2,1H3. The number of hydrogen-bond donors (Lipinski definition) is 6. The summed E-state index contributed by atoms with van der Waals surface area (Å²) in [6.07, 6.45) is 13.0. The molecule has 320 valence electrons. The number of nitrogens with zero attached hydrogens (tertiary/aromatic N) is 1. The highest BCUT2D eigenvalue weighted by atomic mass is 16.2. The summed E-state index contributed by atoms with van der Waals surface area (Å²) in [5.41, 5.74) is 23.0. The highest BCUT2D eigenvalue weighted by molar-refractivity contribution is 5.79. The second-order valence-electron chi connectivity index (χ2n) is 13.5. The van der Waals surface area contributed by atoms with Gasteiger partial charge in [-0.05, 0) is 89.3 Å². The van der Waals surface area contributed by atoms with Crippen LogP contribution in [0.5, 0.6) is 0 Å². The molecule has 1 heterocycles. The minimum atomic E-state index is -0.306. The molecule has 1 aliphatic heterocycles. The lowest BCUT2D eigenvalue weighted by Crippen LogP contribution is -2.47. The van der Waals surface area contributed by atoms with Gasteiger partial charge >= 0.3 is 0 Å². The van der Waals surface area contributed by atoms with Gasteiger partial charge in [-0.3, -0.25) is 14.4 Å². The third-order valence-electron chi connectivity index (χ3n) is 7.85. The van der Waals surface area contributed by atoms with Gasteiger partial charge in [0.2, 0.25) is 18.2 Å². The predicted octanol–water partition coefficient (Wildman–Crippen LogP) is 7.28. The van der Waals surface area contributed by atoms with E-state index in [0.717, 1.165) is 50.3 Å². The van der Waals surface area contributed by atoms with E-state index in [1.54, 1.807) is 0 Å². The number of likely N-dealkylation sites (tertiary alicyclic amines) is 1. The van der Waals surface area contributed by atoms with Gasteiger partial charge in [-0.1, -0.05) is 127 Å². The first-order valence-electron chi connectivity index (χ1n) is 20.3. The van der Waals surface area contributed by atoms with Crippen molar-refractivity contribution in [2.45, 2.75) is 106 Å². The number of carbonyl (C=O) groups excluding carboxylic acids is 3. The minimum Gasteiger partial charge on any atom is -0.386 e. The molecular weight excluding hydrogens is 699 g/mol. The Bertz CT molecular complexity index is 1190. The molecule has 2 unspecified atom stereocenters. The smallest absolute Gasteiger partial charge is 0.234 e. The van der Waals surface area contributed by atoms with Crippen molar-refractivity contribution in [2.24, 2.45) is 40.7 Å². The lowest BCUT2D eigenvalue weighted by atomic mass is 9.95. The van der Waals surface area contributed by atoms with Crippen molar-refractivity contribution in [2.75, 3.05) is 39.8 Å². The van der Waals surface area contributed by atoms with E-state index in [-0.39, 0.29) is 36.7 Å². The zero-order valence-corrected chi connectivity index (χ0v) is 36.6. The van der Waals surface area contributed by atoms with Crippen molar-refractivity contribution in [3.63, 3.8) is 0 Å². The summed E-state index contributed by atoms with van der Waals surface area (Å²) in [6.45, 7) is 27.6. The lowest BCUT2D eigenvalue weighted by molar-refractivity contribution is -0.137. The molecule has 0 bridgehead atoms. The zero-order valence-electron chi connectivity index (χ0n) is 36.6. The van der Waals surface area contributed by atoms with E-state index < -0.39 is 0 Å². The van der Waals surface area contributed by atoms with E-state index >= 15 is 0 Å². The normalized spacial score (nSPS) is 13.2. The van der Waals surface area contributed by atoms with E-state index in [2.05, 4.69) is 101 Å². The van der Waals surface area contributed by atoms with Crippen LogP contribution in [0.25, 0.3) is 0 Å². The molecule has 2 aromatic carbocycles. The van der Waals surface area contributed by atoms with Crippen LogP contribution in [0.15, 0.2) is 98.2 Å². The molecule has 0 saturated carbocycles. The number of nitrogens with two attached hydrogens (primary N) is 4. The molecule has 2 aliphatic rings. The van der Waals surface area contributed by atoms with Gasteiger partial charge in [0.15, 0.2) is 0 Å². The molecule has 1 aliphatic carbocycles. The van der Waals surface area contributed by atoms with Crippen molar-refractivity contribution in [1.29, 1.82) is 0 Å². The molecule has 0 spiro atoms. The van der Waals surface area contributed by atoms with Crippen LogP contribution in [0, 0.1) is 24.7 Å². The largest absolute Gasteiger partial charge is 0.386 e. The van der Waals surface area contributed by atoms with Crippen LogP contribution < -0.4 is 33.6 Å². The maximum absolute atomic E-state index is 13.1. The third-order valence-corrected chi connectivity index (χ3v) is 7.85. The summed E-state index contributed by atoms with van der Waals surface area (Å²) in [5.74, 6) is 1.30. The molecule has 1 saturated heterocycles. The Hall–Kier alpha value is -4.25. The first kappa shape index (κ1) is 58.5. The minimum absolute atomic E-state index is 0.0798. The van der Waals surface area contributed by atoms with Gasteiger partial charge in [0.1, 0.15) is 0 Å². The van der Waals surface area contributed by atoms with Crippen LogP contribution in [0.4, 0.5) is 0 Å². The molecule has 10 heteroatoms. The van der Waals surface area contributed by atoms with Crippen molar-refractivity contribution >= 4 is 18.2 Å². The van der Waals surface area contributed by atoms with Crippen LogP contribution in [0.2, 0.25) is 0 Å². The Kier molecular flexibility index (Phi) is 45.4. The molecule has 10 N–H and O–H groups in total. The fourth-order valence-corrected chi connectivity index (χ4v) is 5.03. The van der Waals surface area contributed by atoms with Crippen LogP contribution in [0.1, 0.15) is 97.6 Å². The SMILES string of the molecule is C1=CCCC1.C=C.C=C(NCC(CCCN)C(=O)N1CCC(C)CC1)C(Cc1ccccc1)NC(=O)CN.CC.CC(C)C.CN.Cc1ccccc1.NC=O. The summed E-state index contributed by atoms with van der Waals surface area (Å²) in [7, 11) is 1.50. The molecule has 0 aromatic heterocycles. The van der Waals surface area contributed by atoms with E-state index in [1.165, 1.54) is 31.9 Å².